The van der Waals surface area contributed by atoms with E-state index in [1.807, 2.05) is 30.8 Å². The number of fused-ring (bicyclic) bond motifs is 1. The molecule has 1 fully saturated rings. The van der Waals surface area contributed by atoms with E-state index in [-0.39, 0.29) is 41.7 Å². The van der Waals surface area contributed by atoms with E-state index in [2.05, 4.69) is 15.0 Å². The minimum atomic E-state index is -4.60. The minimum absolute atomic E-state index is 0.00273. The Labute approximate surface area is 237 Å². The van der Waals surface area contributed by atoms with Crippen molar-refractivity contribution in [1.29, 1.82) is 0 Å². The third-order valence-electron chi connectivity index (χ3n) is 7.77. The van der Waals surface area contributed by atoms with Crippen LogP contribution in [-0.4, -0.2) is 63.8 Å². The number of piperazine rings is 1. The fourth-order valence-corrected chi connectivity index (χ4v) is 5.37. The first kappa shape index (κ1) is 32.5. The molecule has 1 saturated heterocycles. The lowest BCUT2D eigenvalue weighted by molar-refractivity contribution is -0.139. The van der Waals surface area contributed by atoms with E-state index in [1.165, 1.54) is 19.2 Å². The lowest BCUT2D eigenvalue weighted by atomic mass is 9.93. The van der Waals surface area contributed by atoms with Crippen LogP contribution in [-0.2, 0) is 17.4 Å². The monoisotopic (exact) mass is 585 g/mol. The molecule has 0 spiro atoms. The van der Waals surface area contributed by atoms with Crippen molar-refractivity contribution in [2.24, 2.45) is 10.9 Å². The van der Waals surface area contributed by atoms with Crippen LogP contribution in [0.25, 0.3) is 0 Å². The molecule has 1 amide bonds. The number of carbonyl (C=O) groups is 1. The fourth-order valence-electron chi connectivity index (χ4n) is 5.37. The van der Waals surface area contributed by atoms with E-state index in [4.69, 9.17) is 0 Å². The topological polar surface area (TPSA) is 81.7 Å². The van der Waals surface area contributed by atoms with Crippen LogP contribution in [0, 0.1) is 5.92 Å². The van der Waals surface area contributed by atoms with Crippen LogP contribution in [0.1, 0.15) is 89.0 Å². The number of aromatic nitrogens is 2. The summed E-state index contributed by atoms with van der Waals surface area (Å²) in [6, 6.07) is 0. The number of aliphatic imine (C=N–C) groups is 1. The molecule has 41 heavy (non-hydrogen) atoms. The summed E-state index contributed by atoms with van der Waals surface area (Å²) in [5.41, 5.74) is -1.74. The second kappa shape index (κ2) is 13.7. The normalized spacial score (nSPS) is 21.7. The zero-order valence-corrected chi connectivity index (χ0v) is 24.2. The molecule has 0 aromatic carbocycles. The standard InChI is InChI=1S/C18H27F2N3O.C11H13F3N2O/c1-3-7-17(24)23-12-10-22(11-13-23)16-9-6-5-8-15(14-21-16)18(19,20)4-2;1-5(2)6-3-4-7-8(11(12,13)14)10(17)16-15-9(6)7/h5,8,14H,3-4,6-7,9-13H2,1-2H3;5-6H,3-4H2,1-2H3,(H,16,17)/b8-5-,15-14+,21-16?;. The molecule has 1 aromatic heterocycles. The van der Waals surface area contributed by atoms with Crippen LogP contribution < -0.4 is 5.56 Å². The van der Waals surface area contributed by atoms with Gasteiger partial charge in [0.2, 0.25) is 5.91 Å². The Morgan fingerprint density at radius 3 is 2.37 bits per heavy atom. The number of aromatic amines is 1. The molecule has 228 valence electrons. The van der Waals surface area contributed by atoms with E-state index in [0.717, 1.165) is 18.7 Å². The Hall–Kier alpha value is -3.05. The number of H-pyrrole nitrogens is 1. The summed E-state index contributed by atoms with van der Waals surface area (Å²) >= 11 is 0. The molecule has 1 aliphatic carbocycles. The van der Waals surface area contributed by atoms with Crippen LogP contribution >= 0.6 is 0 Å². The number of rotatable bonds is 5. The summed E-state index contributed by atoms with van der Waals surface area (Å²) < 4.78 is 66.1. The number of halogens is 5. The van der Waals surface area contributed by atoms with Crippen molar-refractivity contribution in [3.8, 4) is 0 Å². The number of hydrogen-bond donors (Lipinski definition) is 1. The van der Waals surface area contributed by atoms with Crippen molar-refractivity contribution >= 4 is 11.7 Å². The molecule has 2 aliphatic heterocycles. The number of amides is 1. The van der Waals surface area contributed by atoms with Gasteiger partial charge in [0.05, 0.1) is 5.69 Å². The highest BCUT2D eigenvalue weighted by atomic mass is 19.4. The summed E-state index contributed by atoms with van der Waals surface area (Å²) in [4.78, 5) is 31.6. The van der Waals surface area contributed by atoms with Gasteiger partial charge in [-0.25, -0.2) is 18.9 Å². The van der Waals surface area contributed by atoms with Crippen molar-refractivity contribution in [1.82, 2.24) is 20.0 Å². The summed E-state index contributed by atoms with van der Waals surface area (Å²) in [5.74, 6) is -1.58. The molecule has 0 radical (unpaired) electrons. The Morgan fingerprint density at radius 2 is 1.78 bits per heavy atom. The predicted molar refractivity (Wildman–Crippen MR) is 148 cm³/mol. The van der Waals surface area contributed by atoms with Crippen molar-refractivity contribution in [3.63, 3.8) is 0 Å². The lowest BCUT2D eigenvalue weighted by Crippen LogP contribution is -2.50. The average molecular weight is 586 g/mol. The number of alkyl halides is 5. The third kappa shape index (κ3) is 8.03. The number of amidine groups is 1. The summed E-state index contributed by atoms with van der Waals surface area (Å²) in [6.45, 7) is 10.1. The molecule has 0 bridgehead atoms. The molecule has 3 heterocycles. The highest BCUT2D eigenvalue weighted by Crippen LogP contribution is 2.41. The van der Waals surface area contributed by atoms with Gasteiger partial charge in [-0.05, 0) is 37.2 Å². The lowest BCUT2D eigenvalue weighted by Gasteiger charge is -2.36. The molecular weight excluding hydrogens is 545 g/mol. The van der Waals surface area contributed by atoms with Crippen molar-refractivity contribution in [2.45, 2.75) is 90.7 Å². The van der Waals surface area contributed by atoms with E-state index >= 15 is 0 Å². The van der Waals surface area contributed by atoms with E-state index < -0.39 is 23.2 Å². The molecule has 1 N–H and O–H groups in total. The average Bonchev–Trinajstić information content (AvgIpc) is 3.32. The molecule has 4 rings (SSSR count). The maximum atomic E-state index is 13.9. The van der Waals surface area contributed by atoms with Crippen LogP contribution in [0.2, 0.25) is 0 Å². The first-order valence-corrected chi connectivity index (χ1v) is 14.3. The Morgan fingerprint density at radius 1 is 1.10 bits per heavy atom. The number of nitrogens with zero attached hydrogens (tertiary/aromatic N) is 4. The number of hydrogen-bond acceptors (Lipinski definition) is 5. The van der Waals surface area contributed by atoms with Crippen LogP contribution in [0.3, 0.4) is 0 Å². The van der Waals surface area contributed by atoms with E-state index in [0.29, 0.717) is 51.1 Å². The quantitative estimate of drug-likeness (QED) is 0.425. The van der Waals surface area contributed by atoms with Crippen LogP contribution in [0.15, 0.2) is 33.7 Å². The second-order valence-electron chi connectivity index (χ2n) is 10.9. The second-order valence-corrected chi connectivity index (χ2v) is 10.9. The van der Waals surface area contributed by atoms with Crippen LogP contribution in [0.4, 0.5) is 22.0 Å². The summed E-state index contributed by atoms with van der Waals surface area (Å²) in [7, 11) is 0. The molecule has 12 heteroatoms. The molecular formula is C29H40F5N5O2. The molecule has 1 unspecified atom stereocenters. The maximum absolute atomic E-state index is 13.9. The van der Waals surface area contributed by atoms with Crippen molar-refractivity contribution in [3.05, 3.63) is 51.1 Å². The van der Waals surface area contributed by atoms with Gasteiger partial charge in [-0.3, -0.25) is 9.59 Å². The fraction of sp³-hybridized carbons (Fsp3) is 0.655. The first-order valence-electron chi connectivity index (χ1n) is 14.3. The first-order chi connectivity index (χ1) is 19.3. The van der Waals surface area contributed by atoms with Gasteiger partial charge in [0.15, 0.2) is 0 Å². The number of carbonyl (C=O) groups excluding carboxylic acids is 1. The smallest absolute Gasteiger partial charge is 0.357 e. The third-order valence-corrected chi connectivity index (χ3v) is 7.77. The Bertz CT molecular complexity index is 1210. The van der Waals surface area contributed by atoms with Gasteiger partial charge in [0, 0.05) is 63.1 Å². The zero-order chi connectivity index (χ0) is 30.4. The van der Waals surface area contributed by atoms with Gasteiger partial charge >= 0.3 is 6.18 Å². The largest absolute Gasteiger partial charge is 0.422 e. The Balaban J connectivity index is 0.000000239. The van der Waals surface area contributed by atoms with E-state index in [9.17, 15) is 31.5 Å². The summed E-state index contributed by atoms with van der Waals surface area (Å²) in [5, 5.41) is 5.76. The van der Waals surface area contributed by atoms with Crippen molar-refractivity contribution in [2.75, 3.05) is 26.2 Å². The molecule has 3 aliphatic rings. The van der Waals surface area contributed by atoms with Crippen LogP contribution in [0.5, 0.6) is 0 Å². The Kier molecular flexibility index (Phi) is 10.9. The van der Waals surface area contributed by atoms with Crippen molar-refractivity contribution < 1.29 is 26.7 Å². The number of allylic oxidation sites excluding steroid dienone is 3. The van der Waals surface area contributed by atoms with Gasteiger partial charge in [0.1, 0.15) is 11.4 Å². The predicted octanol–water partition coefficient (Wildman–Crippen LogP) is 6.08. The van der Waals surface area contributed by atoms with Gasteiger partial charge in [-0.1, -0.05) is 39.8 Å². The SMILES string of the molecule is CC(C)C1CCc2c1n[nH]c(=O)c2C(F)(F)F.CCCC(=O)N1CCN(C2=N/C=C(C(F)(F)CC)\C=C/CC2)CC1. The van der Waals surface area contributed by atoms with Gasteiger partial charge in [-0.15, -0.1) is 0 Å². The molecule has 1 atom stereocenters. The van der Waals surface area contributed by atoms with Gasteiger partial charge in [-0.2, -0.15) is 18.3 Å². The molecule has 1 aromatic rings. The minimum Gasteiger partial charge on any atom is -0.357 e. The highest BCUT2D eigenvalue weighted by molar-refractivity contribution is 5.84. The summed E-state index contributed by atoms with van der Waals surface area (Å²) in [6.07, 6.45) is 3.55. The maximum Gasteiger partial charge on any atom is 0.422 e. The molecule has 0 saturated carbocycles. The molecule has 7 nitrogen and oxygen atoms in total. The van der Waals surface area contributed by atoms with Gasteiger partial charge < -0.3 is 9.80 Å². The zero-order valence-electron chi connectivity index (χ0n) is 24.2. The number of nitrogens with one attached hydrogen (secondary N) is 1. The van der Waals surface area contributed by atoms with Gasteiger partial charge in [0.25, 0.3) is 11.5 Å². The highest BCUT2D eigenvalue weighted by Gasteiger charge is 2.41. The van der Waals surface area contributed by atoms with E-state index in [1.54, 1.807) is 6.08 Å².